The number of halogens is 2. The lowest BCUT2D eigenvalue weighted by molar-refractivity contribution is -0.0498. The molecule has 0 heterocycles. The maximum Gasteiger partial charge on any atom is 0.387 e. The minimum atomic E-state index is -3.67. The highest BCUT2D eigenvalue weighted by Gasteiger charge is 2.13. The lowest BCUT2D eigenvalue weighted by Gasteiger charge is -2.09. The molecule has 2 rings (SSSR count). The third-order valence-electron chi connectivity index (χ3n) is 2.98. The minimum Gasteiger partial charge on any atom is -0.497 e. The lowest BCUT2D eigenvalue weighted by atomic mass is 10.2. The topological polar surface area (TPSA) is 64.6 Å². The minimum absolute atomic E-state index is 0.0155. The van der Waals surface area contributed by atoms with E-state index in [1.54, 1.807) is 12.1 Å². The molecule has 2 aromatic rings. The first-order valence-electron chi connectivity index (χ1n) is 6.58. The smallest absolute Gasteiger partial charge is 0.387 e. The summed E-state index contributed by atoms with van der Waals surface area (Å²) >= 11 is 0. The number of sulfonamides is 1. The van der Waals surface area contributed by atoms with Crippen LogP contribution in [0.25, 0.3) is 0 Å². The SMILES string of the molecule is COc1ccc(S(=O)(=O)NCc2ccc(OC(F)F)cc2)cc1. The van der Waals surface area contributed by atoms with E-state index in [0.29, 0.717) is 11.3 Å². The van der Waals surface area contributed by atoms with Crippen molar-refractivity contribution >= 4 is 10.0 Å². The fourth-order valence-corrected chi connectivity index (χ4v) is 2.82. The number of rotatable bonds is 7. The predicted octanol–water partition coefficient (Wildman–Crippen LogP) is 2.78. The first-order valence-corrected chi connectivity index (χ1v) is 8.06. The monoisotopic (exact) mass is 343 g/mol. The Bertz CT molecular complexity index is 731. The summed E-state index contributed by atoms with van der Waals surface area (Å²) in [6, 6.07) is 11.7. The van der Waals surface area contributed by atoms with Gasteiger partial charge in [0.15, 0.2) is 0 Å². The molecule has 124 valence electrons. The Labute approximate surface area is 132 Å². The van der Waals surface area contributed by atoms with Gasteiger partial charge in [0.1, 0.15) is 11.5 Å². The van der Waals surface area contributed by atoms with Gasteiger partial charge in [-0.25, -0.2) is 13.1 Å². The summed E-state index contributed by atoms with van der Waals surface area (Å²) in [5, 5.41) is 0. The Hall–Kier alpha value is -2.19. The molecule has 0 spiro atoms. The van der Waals surface area contributed by atoms with Crippen LogP contribution in [-0.4, -0.2) is 22.1 Å². The van der Waals surface area contributed by atoms with Gasteiger partial charge in [0.25, 0.3) is 0 Å². The van der Waals surface area contributed by atoms with Crippen molar-refractivity contribution in [3.05, 3.63) is 54.1 Å². The van der Waals surface area contributed by atoms with Crippen molar-refractivity contribution in [2.24, 2.45) is 0 Å². The molecule has 5 nitrogen and oxygen atoms in total. The zero-order chi connectivity index (χ0) is 16.9. The second-order valence-corrected chi connectivity index (χ2v) is 6.29. The molecule has 2 aromatic carbocycles. The van der Waals surface area contributed by atoms with Crippen LogP contribution in [0.2, 0.25) is 0 Å². The normalized spacial score (nSPS) is 11.5. The zero-order valence-corrected chi connectivity index (χ0v) is 13.0. The molecule has 0 unspecified atom stereocenters. The molecule has 0 aromatic heterocycles. The highest BCUT2D eigenvalue weighted by atomic mass is 32.2. The van der Waals surface area contributed by atoms with Crippen LogP contribution in [0.3, 0.4) is 0 Å². The summed E-state index contributed by atoms with van der Waals surface area (Å²) in [5.41, 5.74) is 0.615. The Morgan fingerprint density at radius 2 is 1.57 bits per heavy atom. The van der Waals surface area contributed by atoms with E-state index in [1.807, 2.05) is 0 Å². The fourth-order valence-electron chi connectivity index (χ4n) is 1.81. The molecule has 0 atom stereocenters. The van der Waals surface area contributed by atoms with Gasteiger partial charge in [-0.15, -0.1) is 0 Å². The zero-order valence-electron chi connectivity index (χ0n) is 12.2. The van der Waals surface area contributed by atoms with Gasteiger partial charge < -0.3 is 9.47 Å². The van der Waals surface area contributed by atoms with Crippen LogP contribution >= 0.6 is 0 Å². The van der Waals surface area contributed by atoms with E-state index in [9.17, 15) is 17.2 Å². The average Bonchev–Trinajstić information content (AvgIpc) is 2.54. The molecule has 0 saturated carbocycles. The van der Waals surface area contributed by atoms with Crippen molar-refractivity contribution in [3.8, 4) is 11.5 Å². The molecule has 0 aliphatic heterocycles. The predicted molar refractivity (Wildman–Crippen MR) is 80.1 cm³/mol. The number of methoxy groups -OCH3 is 1. The highest BCUT2D eigenvalue weighted by molar-refractivity contribution is 7.89. The van der Waals surface area contributed by atoms with Crippen molar-refractivity contribution in [2.45, 2.75) is 18.1 Å². The number of ether oxygens (including phenoxy) is 2. The van der Waals surface area contributed by atoms with Gasteiger partial charge in [0.05, 0.1) is 12.0 Å². The van der Waals surface area contributed by atoms with Gasteiger partial charge >= 0.3 is 6.61 Å². The Balaban J connectivity index is 2.00. The van der Waals surface area contributed by atoms with Crippen LogP contribution < -0.4 is 14.2 Å². The van der Waals surface area contributed by atoms with Gasteiger partial charge in [-0.1, -0.05) is 12.1 Å². The molecule has 0 radical (unpaired) electrons. The van der Waals surface area contributed by atoms with Crippen molar-refractivity contribution < 1.29 is 26.7 Å². The van der Waals surface area contributed by atoms with E-state index in [0.717, 1.165) is 0 Å². The van der Waals surface area contributed by atoms with Crippen molar-refractivity contribution in [1.29, 1.82) is 0 Å². The maximum atomic E-state index is 12.1. The Morgan fingerprint density at radius 3 is 2.09 bits per heavy atom. The third-order valence-corrected chi connectivity index (χ3v) is 4.40. The summed E-state index contributed by atoms with van der Waals surface area (Å²) in [6.07, 6.45) is 0. The van der Waals surface area contributed by atoms with E-state index in [4.69, 9.17) is 4.74 Å². The summed E-state index contributed by atoms with van der Waals surface area (Å²) in [7, 11) is -2.18. The van der Waals surface area contributed by atoms with Gasteiger partial charge in [-0.2, -0.15) is 8.78 Å². The van der Waals surface area contributed by atoms with Gasteiger partial charge in [0, 0.05) is 6.54 Å². The number of benzene rings is 2. The Kier molecular flexibility index (Phi) is 5.51. The van der Waals surface area contributed by atoms with E-state index >= 15 is 0 Å². The summed E-state index contributed by atoms with van der Waals surface area (Å²) in [4.78, 5) is 0.107. The van der Waals surface area contributed by atoms with Crippen LogP contribution in [0.15, 0.2) is 53.4 Å². The standard InChI is InChI=1S/C15H15F2NO4S/c1-21-12-6-8-14(9-7-12)23(19,20)18-10-11-2-4-13(5-3-11)22-15(16)17/h2-9,15,18H,10H2,1H3. The molecule has 0 bridgehead atoms. The summed E-state index contributed by atoms with van der Waals surface area (Å²) in [5.74, 6) is 0.570. The maximum absolute atomic E-state index is 12.1. The molecule has 23 heavy (non-hydrogen) atoms. The number of alkyl halides is 2. The van der Waals surface area contributed by atoms with Crippen LogP contribution in [0.1, 0.15) is 5.56 Å². The molecule has 0 amide bonds. The van der Waals surface area contributed by atoms with E-state index in [2.05, 4.69) is 9.46 Å². The molecule has 0 saturated heterocycles. The van der Waals surface area contributed by atoms with E-state index in [-0.39, 0.29) is 17.2 Å². The molecular formula is C15H15F2NO4S. The molecular weight excluding hydrogens is 328 g/mol. The van der Waals surface area contributed by atoms with Crippen molar-refractivity contribution in [3.63, 3.8) is 0 Å². The molecule has 8 heteroatoms. The number of hydrogen-bond donors (Lipinski definition) is 1. The fraction of sp³-hybridized carbons (Fsp3) is 0.200. The number of nitrogens with one attached hydrogen (secondary N) is 1. The van der Waals surface area contributed by atoms with Gasteiger partial charge in [0.2, 0.25) is 10.0 Å². The quantitative estimate of drug-likeness (QED) is 0.840. The van der Waals surface area contributed by atoms with Crippen LogP contribution in [0.5, 0.6) is 11.5 Å². The molecule has 0 fully saturated rings. The van der Waals surface area contributed by atoms with Crippen LogP contribution in [0, 0.1) is 0 Å². The van der Waals surface area contributed by atoms with Gasteiger partial charge in [-0.05, 0) is 42.0 Å². The van der Waals surface area contributed by atoms with Crippen LogP contribution in [0.4, 0.5) is 8.78 Å². The second-order valence-electron chi connectivity index (χ2n) is 4.52. The lowest BCUT2D eigenvalue weighted by Crippen LogP contribution is -2.23. The average molecular weight is 343 g/mol. The van der Waals surface area contributed by atoms with E-state index < -0.39 is 16.6 Å². The number of hydrogen-bond acceptors (Lipinski definition) is 4. The Morgan fingerprint density at radius 1 is 1.00 bits per heavy atom. The first kappa shape index (κ1) is 17.2. The first-order chi connectivity index (χ1) is 10.9. The largest absolute Gasteiger partial charge is 0.497 e. The molecule has 1 N–H and O–H groups in total. The van der Waals surface area contributed by atoms with Crippen LogP contribution in [-0.2, 0) is 16.6 Å². The van der Waals surface area contributed by atoms with Crippen molar-refractivity contribution in [2.75, 3.05) is 7.11 Å². The van der Waals surface area contributed by atoms with Crippen molar-refractivity contribution in [1.82, 2.24) is 4.72 Å². The molecule has 0 aliphatic rings. The summed E-state index contributed by atoms with van der Waals surface area (Å²) < 4.78 is 60.0. The molecule has 0 aliphatic carbocycles. The second kappa shape index (κ2) is 7.38. The summed E-state index contributed by atoms with van der Waals surface area (Å²) in [6.45, 7) is -2.86. The third kappa shape index (κ3) is 4.90. The van der Waals surface area contributed by atoms with E-state index in [1.165, 1.54) is 43.5 Å². The van der Waals surface area contributed by atoms with Gasteiger partial charge in [-0.3, -0.25) is 0 Å². The highest BCUT2D eigenvalue weighted by Crippen LogP contribution is 2.17.